The molecule has 0 amide bonds. The zero-order chi connectivity index (χ0) is 11.7. The van der Waals surface area contributed by atoms with Crippen molar-refractivity contribution in [2.75, 3.05) is 0 Å². The predicted octanol–water partition coefficient (Wildman–Crippen LogP) is -0.484. The molecule has 0 aliphatic carbocycles. The molecule has 0 aliphatic heterocycles. The lowest BCUT2D eigenvalue weighted by atomic mass is 11.5. The maximum atomic E-state index is 8.88. The minimum Gasteiger partial charge on any atom is -0.450 e. The van der Waals surface area contributed by atoms with Gasteiger partial charge in [0.2, 0.25) is 0 Å². The molecular formula is C2H7O10P. The minimum absolute atomic E-state index is 1.83. The van der Waals surface area contributed by atoms with Crippen molar-refractivity contribution >= 4 is 20.1 Å². The maximum Gasteiger partial charge on any atom is 0.503 e. The number of carboxylic acid groups (broad SMARTS) is 4. The molecule has 11 heteroatoms. The Bertz CT molecular complexity index is 161. The van der Waals surface area contributed by atoms with Crippen molar-refractivity contribution in [1.82, 2.24) is 0 Å². The maximum absolute atomic E-state index is 8.88. The molecule has 0 aliphatic rings. The highest BCUT2D eigenvalue weighted by Gasteiger charge is 2.00. The molecule has 7 N–H and O–H groups in total. The van der Waals surface area contributed by atoms with Crippen LogP contribution in [0.5, 0.6) is 0 Å². The van der Waals surface area contributed by atoms with Crippen molar-refractivity contribution in [2.45, 2.75) is 0 Å². The molecule has 10 nitrogen and oxygen atoms in total. The summed E-state index contributed by atoms with van der Waals surface area (Å²) in [4.78, 5) is 38.7. The van der Waals surface area contributed by atoms with E-state index in [4.69, 9.17) is 49.3 Å². The third kappa shape index (κ3) is 437. The van der Waals surface area contributed by atoms with Crippen LogP contribution in [0.1, 0.15) is 0 Å². The smallest absolute Gasteiger partial charge is 0.450 e. The van der Waals surface area contributed by atoms with Crippen LogP contribution in [-0.2, 0) is 4.57 Å². The quantitative estimate of drug-likeness (QED) is 0.263. The number of phosphoric acid groups is 1. The molecule has 0 aromatic heterocycles. The van der Waals surface area contributed by atoms with Crippen molar-refractivity contribution in [3.63, 3.8) is 0 Å². The van der Waals surface area contributed by atoms with Crippen molar-refractivity contribution in [3.05, 3.63) is 0 Å². The van der Waals surface area contributed by atoms with Crippen LogP contribution < -0.4 is 0 Å². The van der Waals surface area contributed by atoms with Crippen molar-refractivity contribution < 1.29 is 49.3 Å². The second-order valence-corrected chi connectivity index (χ2v) is 2.10. The fourth-order valence-corrected chi connectivity index (χ4v) is 0. The van der Waals surface area contributed by atoms with Gasteiger partial charge in [0, 0.05) is 0 Å². The molecule has 0 fully saturated rings. The Morgan fingerprint density at radius 1 is 0.769 bits per heavy atom. The molecule has 0 heterocycles. The van der Waals surface area contributed by atoms with Crippen LogP contribution in [0.4, 0.5) is 9.59 Å². The van der Waals surface area contributed by atoms with Crippen molar-refractivity contribution in [2.24, 2.45) is 0 Å². The Hall–Kier alpha value is -1.35. The minimum atomic E-state index is -4.64. The van der Waals surface area contributed by atoms with Gasteiger partial charge >= 0.3 is 20.1 Å². The third-order valence-corrected chi connectivity index (χ3v) is 0. The molecule has 0 bridgehead atoms. The van der Waals surface area contributed by atoms with Crippen LogP contribution in [0.25, 0.3) is 0 Å². The van der Waals surface area contributed by atoms with E-state index in [-0.39, 0.29) is 0 Å². The summed E-state index contributed by atoms with van der Waals surface area (Å²) in [5, 5.41) is 27.9. The lowest BCUT2D eigenvalue weighted by molar-refractivity contribution is 0.135. The zero-order valence-electron chi connectivity index (χ0n) is 5.80. The molecule has 0 saturated heterocycles. The van der Waals surface area contributed by atoms with E-state index in [0.29, 0.717) is 0 Å². The lowest BCUT2D eigenvalue weighted by Gasteiger charge is -1.82. The predicted molar refractivity (Wildman–Crippen MR) is 35.6 cm³/mol. The van der Waals surface area contributed by atoms with E-state index in [1.165, 1.54) is 0 Å². The van der Waals surface area contributed by atoms with E-state index in [9.17, 15) is 0 Å². The van der Waals surface area contributed by atoms with E-state index >= 15 is 0 Å². The van der Waals surface area contributed by atoms with Gasteiger partial charge in [0.05, 0.1) is 0 Å². The van der Waals surface area contributed by atoms with Crippen LogP contribution in [0.15, 0.2) is 0 Å². The van der Waals surface area contributed by atoms with Crippen LogP contribution in [-0.4, -0.2) is 47.4 Å². The second kappa shape index (κ2) is 8.74. The third-order valence-electron chi connectivity index (χ3n) is 0. The van der Waals surface area contributed by atoms with E-state index in [2.05, 4.69) is 0 Å². The normalized spacial score (nSPS) is 8.23. The SMILES string of the molecule is O=C(O)O.O=C(O)O.O=P(O)(O)O. The molecule has 0 aromatic rings. The van der Waals surface area contributed by atoms with Gasteiger partial charge in [0.25, 0.3) is 0 Å². The summed E-state index contributed by atoms with van der Waals surface area (Å²) in [5.41, 5.74) is 0. The molecule has 0 radical (unpaired) electrons. The summed E-state index contributed by atoms with van der Waals surface area (Å²) in [6.45, 7) is 0. The molecule has 80 valence electrons. The summed E-state index contributed by atoms with van der Waals surface area (Å²) in [6.07, 6.45) is -3.67. The highest BCUT2D eigenvalue weighted by Crippen LogP contribution is 2.25. The highest BCUT2D eigenvalue weighted by molar-refractivity contribution is 7.45. The Balaban J connectivity index is -0.000000117. The number of carbonyl (C=O) groups is 2. The average molecular weight is 222 g/mol. The lowest BCUT2D eigenvalue weighted by Crippen LogP contribution is -1.81. The first-order chi connectivity index (χ1) is 5.46. The van der Waals surface area contributed by atoms with Gasteiger partial charge in [0.1, 0.15) is 0 Å². The van der Waals surface area contributed by atoms with Gasteiger partial charge in [-0.25, -0.2) is 14.2 Å². The fraction of sp³-hybridized carbons (Fsp3) is 0. The molecular weight excluding hydrogens is 215 g/mol. The molecule has 13 heavy (non-hydrogen) atoms. The number of hydrogen-bond acceptors (Lipinski definition) is 3. The Labute approximate surface area is 70.5 Å². The van der Waals surface area contributed by atoms with Crippen molar-refractivity contribution in [1.29, 1.82) is 0 Å². The number of hydrogen-bond donors (Lipinski definition) is 7. The molecule has 0 rings (SSSR count). The van der Waals surface area contributed by atoms with Gasteiger partial charge in [-0.2, -0.15) is 0 Å². The van der Waals surface area contributed by atoms with Gasteiger partial charge in [-0.1, -0.05) is 0 Å². The topological polar surface area (TPSA) is 193 Å². The van der Waals surface area contributed by atoms with Crippen LogP contribution in [0.3, 0.4) is 0 Å². The van der Waals surface area contributed by atoms with Crippen LogP contribution >= 0.6 is 7.82 Å². The van der Waals surface area contributed by atoms with Gasteiger partial charge in [-0.05, 0) is 0 Å². The molecule has 0 spiro atoms. The highest BCUT2D eigenvalue weighted by atomic mass is 31.2. The first-order valence-corrected chi connectivity index (χ1v) is 3.65. The monoisotopic (exact) mass is 222 g/mol. The summed E-state index contributed by atoms with van der Waals surface area (Å²) >= 11 is 0. The Morgan fingerprint density at radius 2 is 0.769 bits per heavy atom. The van der Waals surface area contributed by atoms with E-state index in [1.807, 2.05) is 0 Å². The second-order valence-electron chi connectivity index (χ2n) is 1.08. The fourth-order valence-electron chi connectivity index (χ4n) is 0. The summed E-state index contributed by atoms with van der Waals surface area (Å²) < 4.78 is 8.88. The van der Waals surface area contributed by atoms with E-state index in [1.54, 1.807) is 0 Å². The standard InChI is InChI=1S/2CH2O3.H3O4P/c2*2-1(3)4;1-5(2,3)4/h2*(H2,2,3,4);(H3,1,2,3,4). The van der Waals surface area contributed by atoms with Crippen molar-refractivity contribution in [3.8, 4) is 0 Å². The Morgan fingerprint density at radius 3 is 0.769 bits per heavy atom. The van der Waals surface area contributed by atoms with Gasteiger partial charge in [0.15, 0.2) is 0 Å². The molecule has 0 unspecified atom stereocenters. The van der Waals surface area contributed by atoms with Gasteiger partial charge < -0.3 is 35.1 Å². The molecule has 0 saturated carbocycles. The Kier molecular flexibility index (Phi) is 11.9. The molecule has 0 atom stereocenters. The van der Waals surface area contributed by atoms with E-state index < -0.39 is 20.1 Å². The summed E-state index contributed by atoms with van der Waals surface area (Å²) in [7, 11) is -4.64. The summed E-state index contributed by atoms with van der Waals surface area (Å²) in [5.74, 6) is 0. The first kappa shape index (κ1) is 17.7. The van der Waals surface area contributed by atoms with Crippen LogP contribution in [0.2, 0.25) is 0 Å². The van der Waals surface area contributed by atoms with E-state index in [0.717, 1.165) is 0 Å². The van der Waals surface area contributed by atoms with Gasteiger partial charge in [-0.15, -0.1) is 0 Å². The largest absolute Gasteiger partial charge is 0.503 e. The average Bonchev–Trinajstić information content (AvgIpc) is 1.50. The summed E-state index contributed by atoms with van der Waals surface area (Å²) in [6, 6.07) is 0. The van der Waals surface area contributed by atoms with Gasteiger partial charge in [-0.3, -0.25) is 0 Å². The van der Waals surface area contributed by atoms with Crippen LogP contribution in [0, 0.1) is 0 Å². The number of rotatable bonds is 0. The first-order valence-electron chi connectivity index (χ1n) is 2.09. The zero-order valence-corrected chi connectivity index (χ0v) is 6.70. The molecule has 0 aromatic carbocycles.